The molecule has 0 saturated heterocycles. The smallest absolute Gasteiger partial charge is 0.385 e. The monoisotopic (exact) mass is 340 g/mol. The summed E-state index contributed by atoms with van der Waals surface area (Å²) >= 11 is 0. The van der Waals surface area contributed by atoms with Gasteiger partial charge in [-0.05, 0) is 31.5 Å². The molecule has 1 aromatic heterocycles. The van der Waals surface area contributed by atoms with E-state index in [4.69, 9.17) is 4.74 Å². The van der Waals surface area contributed by atoms with Crippen molar-refractivity contribution in [3.8, 4) is 0 Å². The molecule has 0 aliphatic carbocycles. The molecule has 2 rings (SSSR count). The molecule has 0 radical (unpaired) electrons. The summed E-state index contributed by atoms with van der Waals surface area (Å²) in [7, 11) is 1.63. The third-order valence-corrected chi connectivity index (χ3v) is 3.12. The van der Waals surface area contributed by atoms with E-state index in [0.717, 1.165) is 18.6 Å². The predicted molar refractivity (Wildman–Crippen MR) is 86.5 cm³/mol. The summed E-state index contributed by atoms with van der Waals surface area (Å²) in [6.07, 6.45) is -3.59. The molecule has 0 bridgehead atoms. The van der Waals surface area contributed by atoms with Gasteiger partial charge in [0.05, 0.1) is 5.56 Å². The number of ether oxygens (including phenoxy) is 1. The SMILES string of the molecule is COCCCNc1nc(C)cc(Nc2cccc(C(F)(F)F)c2)n1. The Hall–Kier alpha value is -2.35. The molecular weight excluding hydrogens is 321 g/mol. The van der Waals surface area contributed by atoms with E-state index >= 15 is 0 Å². The molecule has 1 aromatic carbocycles. The number of hydrogen-bond donors (Lipinski definition) is 2. The number of nitrogens with one attached hydrogen (secondary N) is 2. The lowest BCUT2D eigenvalue weighted by molar-refractivity contribution is -0.137. The molecule has 130 valence electrons. The number of aryl methyl sites for hydroxylation is 1. The van der Waals surface area contributed by atoms with E-state index < -0.39 is 11.7 Å². The normalized spacial score (nSPS) is 11.4. The van der Waals surface area contributed by atoms with Crippen LogP contribution >= 0.6 is 0 Å². The minimum absolute atomic E-state index is 0.313. The summed E-state index contributed by atoms with van der Waals surface area (Å²) in [4.78, 5) is 8.51. The van der Waals surface area contributed by atoms with Gasteiger partial charge in [0.2, 0.25) is 5.95 Å². The van der Waals surface area contributed by atoms with Crippen LogP contribution in [0, 0.1) is 6.92 Å². The zero-order valence-electron chi connectivity index (χ0n) is 13.4. The van der Waals surface area contributed by atoms with Gasteiger partial charge in [-0.15, -0.1) is 0 Å². The molecule has 0 fully saturated rings. The minimum Gasteiger partial charge on any atom is -0.385 e. The van der Waals surface area contributed by atoms with E-state index in [9.17, 15) is 13.2 Å². The topological polar surface area (TPSA) is 59.1 Å². The van der Waals surface area contributed by atoms with Crippen LogP contribution in [0.25, 0.3) is 0 Å². The first-order chi connectivity index (χ1) is 11.4. The summed E-state index contributed by atoms with van der Waals surface area (Å²) in [5.41, 5.74) is 0.304. The number of nitrogens with zero attached hydrogens (tertiary/aromatic N) is 2. The molecular formula is C16H19F3N4O. The molecule has 2 N–H and O–H groups in total. The second-order valence-corrected chi connectivity index (χ2v) is 5.19. The van der Waals surface area contributed by atoms with Gasteiger partial charge in [-0.25, -0.2) is 4.98 Å². The molecule has 0 saturated carbocycles. The quantitative estimate of drug-likeness (QED) is 0.746. The van der Waals surface area contributed by atoms with Gasteiger partial charge >= 0.3 is 6.18 Å². The number of halogens is 3. The van der Waals surface area contributed by atoms with Crippen LogP contribution in [0.2, 0.25) is 0 Å². The molecule has 0 amide bonds. The van der Waals surface area contributed by atoms with Crippen LogP contribution in [0.3, 0.4) is 0 Å². The van der Waals surface area contributed by atoms with Crippen LogP contribution in [0.4, 0.5) is 30.6 Å². The number of aromatic nitrogens is 2. The second kappa shape index (κ2) is 7.96. The Morgan fingerprint density at radius 1 is 1.17 bits per heavy atom. The fourth-order valence-corrected chi connectivity index (χ4v) is 2.05. The maximum Gasteiger partial charge on any atom is 0.416 e. The predicted octanol–water partition coefficient (Wildman–Crippen LogP) is 4.00. The lowest BCUT2D eigenvalue weighted by Gasteiger charge is -2.12. The van der Waals surface area contributed by atoms with Crippen molar-refractivity contribution in [3.05, 3.63) is 41.6 Å². The van der Waals surface area contributed by atoms with Gasteiger partial charge in [-0.1, -0.05) is 6.07 Å². The maximum absolute atomic E-state index is 12.8. The number of methoxy groups -OCH3 is 1. The van der Waals surface area contributed by atoms with Gasteiger partial charge < -0.3 is 15.4 Å². The minimum atomic E-state index is -4.38. The third kappa shape index (κ3) is 5.38. The van der Waals surface area contributed by atoms with Crippen molar-refractivity contribution < 1.29 is 17.9 Å². The van der Waals surface area contributed by atoms with Gasteiger partial charge in [-0.2, -0.15) is 18.2 Å². The number of rotatable bonds is 7. The lowest BCUT2D eigenvalue weighted by atomic mass is 10.2. The van der Waals surface area contributed by atoms with Gasteiger partial charge in [0.1, 0.15) is 5.82 Å². The van der Waals surface area contributed by atoms with Crippen molar-refractivity contribution in [2.24, 2.45) is 0 Å². The second-order valence-electron chi connectivity index (χ2n) is 5.19. The Balaban J connectivity index is 2.10. The zero-order chi connectivity index (χ0) is 17.6. The fourth-order valence-electron chi connectivity index (χ4n) is 2.05. The third-order valence-electron chi connectivity index (χ3n) is 3.12. The number of hydrogen-bond acceptors (Lipinski definition) is 5. The summed E-state index contributed by atoms with van der Waals surface area (Å²) in [5.74, 6) is 0.844. The number of benzene rings is 1. The van der Waals surface area contributed by atoms with Crippen LogP contribution in [0.5, 0.6) is 0 Å². The van der Waals surface area contributed by atoms with E-state index in [2.05, 4.69) is 20.6 Å². The summed E-state index contributed by atoms with van der Waals surface area (Å²) < 4.78 is 43.3. The summed E-state index contributed by atoms with van der Waals surface area (Å²) in [6.45, 7) is 3.05. The van der Waals surface area contributed by atoms with Gasteiger partial charge in [0, 0.05) is 37.7 Å². The van der Waals surface area contributed by atoms with Crippen LogP contribution in [-0.4, -0.2) is 30.2 Å². The van der Waals surface area contributed by atoms with Crippen LogP contribution in [-0.2, 0) is 10.9 Å². The van der Waals surface area contributed by atoms with Gasteiger partial charge in [-0.3, -0.25) is 0 Å². The molecule has 0 spiro atoms. The first-order valence-electron chi connectivity index (χ1n) is 7.41. The van der Waals surface area contributed by atoms with Crippen molar-refractivity contribution in [3.63, 3.8) is 0 Å². The van der Waals surface area contributed by atoms with E-state index in [-0.39, 0.29) is 0 Å². The average molecular weight is 340 g/mol. The van der Waals surface area contributed by atoms with E-state index in [1.165, 1.54) is 6.07 Å². The van der Waals surface area contributed by atoms with Crippen LogP contribution < -0.4 is 10.6 Å². The largest absolute Gasteiger partial charge is 0.416 e. The highest BCUT2D eigenvalue weighted by Gasteiger charge is 2.30. The molecule has 5 nitrogen and oxygen atoms in total. The molecule has 0 unspecified atom stereocenters. The molecule has 1 heterocycles. The molecule has 2 aromatic rings. The standard InChI is InChI=1S/C16H19F3N4O/c1-11-9-14(23-15(21-11)20-7-4-8-24-2)22-13-6-3-5-12(10-13)16(17,18)19/h3,5-6,9-10H,4,7-8H2,1-2H3,(H2,20,21,22,23). The fraction of sp³-hybridized carbons (Fsp3) is 0.375. The highest BCUT2D eigenvalue weighted by Crippen LogP contribution is 2.31. The van der Waals surface area contributed by atoms with Crippen molar-refractivity contribution >= 4 is 17.5 Å². The first kappa shape index (κ1) is 18.0. The van der Waals surface area contributed by atoms with Crippen molar-refractivity contribution in [1.82, 2.24) is 9.97 Å². The number of alkyl halides is 3. The average Bonchev–Trinajstić information content (AvgIpc) is 2.50. The Morgan fingerprint density at radius 3 is 2.67 bits per heavy atom. The highest BCUT2D eigenvalue weighted by molar-refractivity contribution is 5.58. The maximum atomic E-state index is 12.8. The van der Waals surface area contributed by atoms with Crippen molar-refractivity contribution in [1.29, 1.82) is 0 Å². The lowest BCUT2D eigenvalue weighted by Crippen LogP contribution is -2.09. The molecule has 0 aliphatic rings. The van der Waals surface area contributed by atoms with Crippen molar-refractivity contribution in [2.45, 2.75) is 19.5 Å². The van der Waals surface area contributed by atoms with E-state index in [0.29, 0.717) is 36.3 Å². The molecule has 8 heteroatoms. The Morgan fingerprint density at radius 2 is 1.96 bits per heavy atom. The van der Waals surface area contributed by atoms with Gasteiger partial charge in [0.25, 0.3) is 0 Å². The molecule has 0 aliphatic heterocycles. The zero-order valence-corrected chi connectivity index (χ0v) is 13.4. The van der Waals surface area contributed by atoms with Crippen LogP contribution in [0.1, 0.15) is 17.7 Å². The van der Waals surface area contributed by atoms with Crippen LogP contribution in [0.15, 0.2) is 30.3 Å². The van der Waals surface area contributed by atoms with Crippen molar-refractivity contribution in [2.75, 3.05) is 30.9 Å². The van der Waals surface area contributed by atoms with Gasteiger partial charge in [0.15, 0.2) is 0 Å². The Kier molecular flexibility index (Phi) is 5.97. The number of anilines is 3. The summed E-state index contributed by atoms with van der Waals surface area (Å²) in [6, 6.07) is 6.64. The highest BCUT2D eigenvalue weighted by atomic mass is 19.4. The molecule has 24 heavy (non-hydrogen) atoms. The Labute approximate surface area is 138 Å². The molecule has 0 atom stereocenters. The summed E-state index contributed by atoms with van der Waals surface area (Å²) in [5, 5.41) is 5.94. The Bertz CT molecular complexity index is 677. The first-order valence-corrected chi connectivity index (χ1v) is 7.41. The van der Waals surface area contributed by atoms with E-state index in [1.807, 2.05) is 0 Å². The van der Waals surface area contributed by atoms with E-state index in [1.54, 1.807) is 26.2 Å².